The van der Waals surface area contributed by atoms with Crippen LogP contribution in [-0.2, 0) is 65.4 Å². The fourth-order valence-electron chi connectivity index (χ4n) is 12.2. The Balaban J connectivity index is 5.15. The van der Waals surface area contributed by atoms with Crippen LogP contribution in [0.25, 0.3) is 0 Å². The van der Waals surface area contributed by atoms with Crippen molar-refractivity contribution in [3.63, 3.8) is 0 Å². The molecule has 0 spiro atoms. The van der Waals surface area contributed by atoms with Crippen LogP contribution in [-0.4, -0.2) is 96.7 Å². The molecule has 0 heterocycles. The van der Waals surface area contributed by atoms with E-state index in [1.54, 1.807) is 0 Å². The Morgan fingerprint density at radius 3 is 0.717 bits per heavy atom. The Labute approximate surface area is 607 Å². The molecule has 0 saturated heterocycles. The van der Waals surface area contributed by atoms with Crippen LogP contribution in [0.1, 0.15) is 409 Å². The number of hydrogen-bond donors (Lipinski definition) is 3. The third-order valence-electron chi connectivity index (χ3n) is 18.9. The molecule has 6 atom stereocenters. The summed E-state index contributed by atoms with van der Waals surface area (Å²) in [6.45, 7) is 14.2. The number of hydrogen-bond acceptors (Lipinski definition) is 15. The molecular formula is C80H156O17P2. The van der Waals surface area contributed by atoms with Crippen LogP contribution >= 0.6 is 15.6 Å². The van der Waals surface area contributed by atoms with Gasteiger partial charge in [0.25, 0.3) is 0 Å². The summed E-state index contributed by atoms with van der Waals surface area (Å²) in [6, 6.07) is 0. The molecule has 99 heavy (non-hydrogen) atoms. The van der Waals surface area contributed by atoms with E-state index in [9.17, 15) is 43.2 Å². The van der Waals surface area contributed by atoms with E-state index in [1.165, 1.54) is 205 Å². The van der Waals surface area contributed by atoms with Gasteiger partial charge in [-0.2, -0.15) is 0 Å². The maximum absolute atomic E-state index is 13.1. The number of unbranched alkanes of at least 4 members (excludes halogenated alkanes) is 42. The summed E-state index contributed by atoms with van der Waals surface area (Å²) in [5.41, 5.74) is 0. The molecule has 0 aromatic heterocycles. The Kier molecular flexibility index (Phi) is 67.8. The maximum Gasteiger partial charge on any atom is 0.472 e. The lowest BCUT2D eigenvalue weighted by molar-refractivity contribution is -0.161. The average Bonchev–Trinajstić information content (AvgIpc) is 1.13. The molecule has 0 fully saturated rings. The van der Waals surface area contributed by atoms with Crippen molar-refractivity contribution in [2.45, 2.75) is 427 Å². The Morgan fingerprint density at radius 1 is 0.283 bits per heavy atom. The van der Waals surface area contributed by atoms with Crippen molar-refractivity contribution in [1.29, 1.82) is 0 Å². The van der Waals surface area contributed by atoms with Crippen molar-refractivity contribution < 1.29 is 80.2 Å². The second kappa shape index (κ2) is 69.1. The van der Waals surface area contributed by atoms with Gasteiger partial charge in [-0.25, -0.2) is 9.13 Å². The fraction of sp³-hybridized carbons (Fsp3) is 0.950. The summed E-state index contributed by atoms with van der Waals surface area (Å²) in [5.74, 6) is 0.964. The highest BCUT2D eigenvalue weighted by Gasteiger charge is 2.30. The van der Waals surface area contributed by atoms with Crippen LogP contribution in [0.2, 0.25) is 0 Å². The van der Waals surface area contributed by atoms with Crippen molar-refractivity contribution in [2.24, 2.45) is 23.7 Å². The topological polar surface area (TPSA) is 237 Å². The molecule has 0 aliphatic rings. The van der Waals surface area contributed by atoms with E-state index in [0.717, 1.165) is 108 Å². The van der Waals surface area contributed by atoms with Gasteiger partial charge in [0.15, 0.2) is 12.2 Å². The zero-order chi connectivity index (χ0) is 73.1. The molecule has 0 rings (SSSR count). The van der Waals surface area contributed by atoms with Gasteiger partial charge in [0.05, 0.1) is 26.4 Å². The molecule has 0 aromatic carbocycles. The minimum Gasteiger partial charge on any atom is -0.462 e. The van der Waals surface area contributed by atoms with Gasteiger partial charge in [-0.05, 0) is 49.4 Å². The van der Waals surface area contributed by atoms with E-state index in [2.05, 4.69) is 55.4 Å². The van der Waals surface area contributed by atoms with Crippen molar-refractivity contribution in [3.05, 3.63) is 0 Å². The van der Waals surface area contributed by atoms with Gasteiger partial charge in [0.2, 0.25) is 0 Å². The summed E-state index contributed by atoms with van der Waals surface area (Å²) in [5, 5.41) is 10.6. The van der Waals surface area contributed by atoms with Gasteiger partial charge >= 0.3 is 39.5 Å². The number of phosphoric ester groups is 2. The van der Waals surface area contributed by atoms with Crippen molar-refractivity contribution in [1.82, 2.24) is 0 Å². The Hall–Kier alpha value is -1.94. The van der Waals surface area contributed by atoms with Crippen LogP contribution in [0.4, 0.5) is 0 Å². The largest absolute Gasteiger partial charge is 0.472 e. The highest BCUT2D eigenvalue weighted by Crippen LogP contribution is 2.45. The minimum atomic E-state index is -4.96. The van der Waals surface area contributed by atoms with Gasteiger partial charge in [-0.15, -0.1) is 0 Å². The van der Waals surface area contributed by atoms with Gasteiger partial charge in [0, 0.05) is 25.7 Å². The first-order valence-corrected chi connectivity index (χ1v) is 44.2. The summed E-state index contributed by atoms with van der Waals surface area (Å²) in [4.78, 5) is 72.9. The van der Waals surface area contributed by atoms with Crippen molar-refractivity contribution >= 4 is 39.5 Å². The predicted molar refractivity (Wildman–Crippen MR) is 404 cm³/mol. The van der Waals surface area contributed by atoms with Crippen molar-refractivity contribution in [2.75, 3.05) is 39.6 Å². The van der Waals surface area contributed by atoms with Gasteiger partial charge in [-0.3, -0.25) is 37.3 Å². The zero-order valence-corrected chi connectivity index (χ0v) is 66.9. The van der Waals surface area contributed by atoms with E-state index in [1.807, 2.05) is 0 Å². The van der Waals surface area contributed by atoms with E-state index in [0.29, 0.717) is 37.5 Å². The summed E-state index contributed by atoms with van der Waals surface area (Å²) in [6.07, 6.45) is 55.7. The van der Waals surface area contributed by atoms with E-state index < -0.39 is 97.5 Å². The summed E-state index contributed by atoms with van der Waals surface area (Å²) in [7, 11) is -9.92. The number of aliphatic hydroxyl groups excluding tert-OH is 1. The number of aliphatic hydroxyl groups is 1. The van der Waals surface area contributed by atoms with Crippen LogP contribution in [0.15, 0.2) is 0 Å². The first-order valence-electron chi connectivity index (χ1n) is 41.2. The minimum absolute atomic E-state index is 0.105. The Morgan fingerprint density at radius 2 is 0.485 bits per heavy atom. The van der Waals surface area contributed by atoms with Crippen LogP contribution in [0, 0.1) is 23.7 Å². The lowest BCUT2D eigenvalue weighted by Crippen LogP contribution is -2.30. The predicted octanol–water partition coefficient (Wildman–Crippen LogP) is 23.6. The number of rotatable bonds is 77. The molecule has 19 heteroatoms. The van der Waals surface area contributed by atoms with Crippen LogP contribution in [0.3, 0.4) is 0 Å². The van der Waals surface area contributed by atoms with Crippen LogP contribution < -0.4 is 0 Å². The molecule has 588 valence electrons. The van der Waals surface area contributed by atoms with Crippen molar-refractivity contribution in [3.8, 4) is 0 Å². The second-order valence-corrected chi connectivity index (χ2v) is 33.4. The summed E-state index contributed by atoms with van der Waals surface area (Å²) < 4.78 is 68.6. The number of carbonyl (C=O) groups excluding carboxylic acids is 4. The third kappa shape index (κ3) is 72.8. The standard InChI is InChI=1S/C80H156O17P2/c1-9-73(8)59-51-43-35-26-22-18-14-12-10-11-13-15-19-23-27-36-44-52-60-77(82)90-66-75(97-80(85)63-55-47-38-30-29-33-41-49-57-71(4)5)68-94-98(86,87)92-64-74(81)65-93-99(88,89)95-69-76(67-91-78(83)61-53-45-39-31-34-42-50-58-72(6)7)96-79(84)62-54-46-37-28-24-20-16-17-21-25-32-40-48-56-70(2)3/h70-76,81H,9-69H2,1-8H3,(H,86,87)(H,88,89)/t73?,74?,75-,76-/m1/s1. The zero-order valence-electron chi connectivity index (χ0n) is 65.1. The maximum atomic E-state index is 13.1. The monoisotopic (exact) mass is 1450 g/mol. The SMILES string of the molecule is CCC(C)CCCCCCCCCCCCCCCCCCCCC(=O)OC[C@H](COP(=O)(O)OCC(O)COP(=O)(O)OC[C@@H](COC(=O)CCCCCCCCCC(C)C)OC(=O)CCCCCCCCCCCCCCCC(C)C)OC(=O)CCCCCCCCCCC(C)C. The molecule has 4 unspecified atom stereocenters. The van der Waals surface area contributed by atoms with E-state index in [-0.39, 0.29) is 25.7 Å². The smallest absolute Gasteiger partial charge is 0.462 e. The molecule has 0 bridgehead atoms. The number of ether oxygens (including phenoxy) is 4. The summed E-state index contributed by atoms with van der Waals surface area (Å²) >= 11 is 0. The molecule has 0 aliphatic carbocycles. The average molecular weight is 1450 g/mol. The van der Waals surface area contributed by atoms with Gasteiger partial charge < -0.3 is 33.8 Å². The fourth-order valence-corrected chi connectivity index (χ4v) is 13.8. The Bertz CT molecular complexity index is 1940. The molecule has 3 N–H and O–H groups in total. The lowest BCUT2D eigenvalue weighted by atomic mass is 9.99. The highest BCUT2D eigenvalue weighted by atomic mass is 31.2. The quantitative estimate of drug-likeness (QED) is 0.0222. The molecule has 0 radical (unpaired) electrons. The van der Waals surface area contributed by atoms with E-state index in [4.69, 9.17) is 37.0 Å². The molecule has 0 aromatic rings. The molecule has 0 saturated carbocycles. The normalized spacial score (nSPS) is 14.3. The van der Waals surface area contributed by atoms with E-state index >= 15 is 0 Å². The van der Waals surface area contributed by atoms with Crippen LogP contribution in [0.5, 0.6) is 0 Å². The van der Waals surface area contributed by atoms with Gasteiger partial charge in [-0.1, -0.05) is 357 Å². The number of esters is 4. The molecule has 0 amide bonds. The molecular weight excluding hydrogens is 1290 g/mol. The first-order chi connectivity index (χ1) is 47.6. The third-order valence-corrected chi connectivity index (χ3v) is 20.8. The highest BCUT2D eigenvalue weighted by molar-refractivity contribution is 7.47. The molecule has 17 nitrogen and oxygen atoms in total. The number of carbonyl (C=O) groups is 4. The molecule has 0 aliphatic heterocycles. The first kappa shape index (κ1) is 97.1. The van der Waals surface area contributed by atoms with Gasteiger partial charge in [0.1, 0.15) is 19.3 Å². The second-order valence-electron chi connectivity index (χ2n) is 30.5. The number of phosphoric acid groups is 2. The lowest BCUT2D eigenvalue weighted by Gasteiger charge is -2.21.